The van der Waals surface area contributed by atoms with E-state index in [9.17, 15) is 4.79 Å². The van der Waals surface area contributed by atoms with Crippen molar-refractivity contribution >= 4 is 22.3 Å². The van der Waals surface area contributed by atoms with Crippen LogP contribution in [0.4, 0.5) is 0 Å². The average molecular weight is 288 g/mol. The summed E-state index contributed by atoms with van der Waals surface area (Å²) in [5.41, 5.74) is 0.857. The van der Waals surface area contributed by atoms with E-state index in [-0.39, 0.29) is 5.97 Å². The lowest BCUT2D eigenvalue weighted by atomic mass is 10.0. The molecule has 1 aromatic carbocycles. The highest BCUT2D eigenvalue weighted by Gasteiger charge is 2.28. The standard InChI is InChI=1S/C13H12N4O2S/c1-2-19-12(18)10(9-6-4-3-5-7-9)11-16-17-8-14-15-13(17)20-11/h3-8,10H,2H2,1H3. The first-order chi connectivity index (χ1) is 9.79. The molecule has 2 heterocycles. The summed E-state index contributed by atoms with van der Waals surface area (Å²) in [4.78, 5) is 12.9. The summed E-state index contributed by atoms with van der Waals surface area (Å²) in [6.07, 6.45) is 1.52. The van der Waals surface area contributed by atoms with Crippen molar-refractivity contribution in [2.24, 2.45) is 0 Å². The molecular weight excluding hydrogens is 276 g/mol. The van der Waals surface area contributed by atoms with Crippen LogP contribution < -0.4 is 0 Å². The third-order valence-corrected chi connectivity index (χ3v) is 3.78. The summed E-state index contributed by atoms with van der Waals surface area (Å²) in [7, 11) is 0. The van der Waals surface area contributed by atoms with Gasteiger partial charge in [0.05, 0.1) is 6.61 Å². The number of carbonyl (C=O) groups excluding carboxylic acids is 1. The van der Waals surface area contributed by atoms with E-state index < -0.39 is 5.92 Å². The maximum Gasteiger partial charge on any atom is 0.320 e. The first kappa shape index (κ1) is 12.7. The Balaban J connectivity index is 2.05. The second kappa shape index (κ2) is 5.38. The normalized spacial score (nSPS) is 12.4. The van der Waals surface area contributed by atoms with Crippen LogP contribution in [0.2, 0.25) is 0 Å². The smallest absolute Gasteiger partial charge is 0.320 e. The maximum atomic E-state index is 12.2. The minimum Gasteiger partial charge on any atom is -0.465 e. The number of esters is 1. The second-order valence-corrected chi connectivity index (χ2v) is 5.08. The van der Waals surface area contributed by atoms with Crippen molar-refractivity contribution in [3.8, 4) is 0 Å². The predicted octanol–water partition coefficient (Wildman–Crippen LogP) is 1.88. The number of nitrogens with zero attached hydrogens (tertiary/aromatic N) is 4. The van der Waals surface area contributed by atoms with Gasteiger partial charge < -0.3 is 4.74 Å². The molecule has 0 aliphatic carbocycles. The Morgan fingerprint density at radius 3 is 2.90 bits per heavy atom. The van der Waals surface area contributed by atoms with Crippen LogP contribution in [0.5, 0.6) is 0 Å². The third kappa shape index (κ3) is 2.27. The highest BCUT2D eigenvalue weighted by atomic mass is 32.1. The number of benzene rings is 1. The molecule has 2 aromatic heterocycles. The fraction of sp³-hybridized carbons (Fsp3) is 0.231. The number of hydrogen-bond acceptors (Lipinski definition) is 6. The van der Waals surface area contributed by atoms with Crippen LogP contribution >= 0.6 is 11.3 Å². The van der Waals surface area contributed by atoms with Gasteiger partial charge in [-0.2, -0.15) is 9.61 Å². The summed E-state index contributed by atoms with van der Waals surface area (Å²) in [6.45, 7) is 2.13. The highest BCUT2D eigenvalue weighted by molar-refractivity contribution is 7.16. The first-order valence-corrected chi connectivity index (χ1v) is 6.99. The highest BCUT2D eigenvalue weighted by Crippen LogP contribution is 2.29. The number of aromatic nitrogens is 4. The molecule has 0 fully saturated rings. The Bertz CT molecular complexity index is 694. The summed E-state index contributed by atoms with van der Waals surface area (Å²) < 4.78 is 6.73. The number of ether oxygens (including phenoxy) is 1. The third-order valence-electron chi connectivity index (χ3n) is 2.80. The van der Waals surface area contributed by atoms with Crippen LogP contribution in [0.15, 0.2) is 36.7 Å². The van der Waals surface area contributed by atoms with E-state index in [1.54, 1.807) is 11.4 Å². The van der Waals surface area contributed by atoms with E-state index in [0.29, 0.717) is 16.6 Å². The molecule has 1 unspecified atom stereocenters. The van der Waals surface area contributed by atoms with Gasteiger partial charge in [-0.15, -0.1) is 10.2 Å². The van der Waals surface area contributed by atoms with E-state index in [4.69, 9.17) is 4.74 Å². The van der Waals surface area contributed by atoms with Crippen molar-refractivity contribution in [1.29, 1.82) is 0 Å². The number of fused-ring (bicyclic) bond motifs is 1. The van der Waals surface area contributed by atoms with Gasteiger partial charge in [0, 0.05) is 0 Å². The zero-order chi connectivity index (χ0) is 13.9. The van der Waals surface area contributed by atoms with Crippen molar-refractivity contribution in [1.82, 2.24) is 19.8 Å². The number of carbonyl (C=O) groups is 1. The summed E-state index contributed by atoms with van der Waals surface area (Å²) in [5, 5.41) is 12.7. The molecule has 0 N–H and O–H groups in total. The number of rotatable bonds is 4. The second-order valence-electron chi connectivity index (χ2n) is 4.09. The van der Waals surface area contributed by atoms with Gasteiger partial charge >= 0.3 is 5.97 Å². The van der Waals surface area contributed by atoms with E-state index in [1.165, 1.54) is 17.7 Å². The van der Waals surface area contributed by atoms with Gasteiger partial charge in [0.2, 0.25) is 4.96 Å². The van der Waals surface area contributed by atoms with Crippen molar-refractivity contribution in [3.05, 3.63) is 47.2 Å². The van der Waals surface area contributed by atoms with Crippen LogP contribution in [0.1, 0.15) is 23.4 Å². The van der Waals surface area contributed by atoms with Crippen molar-refractivity contribution in [2.75, 3.05) is 6.61 Å². The van der Waals surface area contributed by atoms with Crippen LogP contribution in [0.25, 0.3) is 4.96 Å². The molecular formula is C13H12N4O2S. The molecule has 20 heavy (non-hydrogen) atoms. The van der Waals surface area contributed by atoms with E-state index in [0.717, 1.165) is 5.56 Å². The Morgan fingerprint density at radius 1 is 1.40 bits per heavy atom. The summed E-state index contributed by atoms with van der Waals surface area (Å²) in [6, 6.07) is 9.47. The van der Waals surface area contributed by atoms with Gasteiger partial charge in [0.15, 0.2) is 0 Å². The van der Waals surface area contributed by atoms with Crippen molar-refractivity contribution in [3.63, 3.8) is 0 Å². The lowest BCUT2D eigenvalue weighted by molar-refractivity contribution is -0.143. The zero-order valence-electron chi connectivity index (χ0n) is 10.8. The molecule has 0 saturated heterocycles. The van der Waals surface area contributed by atoms with E-state index >= 15 is 0 Å². The Labute approximate surface area is 119 Å². The molecule has 0 radical (unpaired) electrons. The van der Waals surface area contributed by atoms with Gasteiger partial charge in [0.1, 0.15) is 17.3 Å². The van der Waals surface area contributed by atoms with Crippen molar-refractivity contribution in [2.45, 2.75) is 12.8 Å². The van der Waals surface area contributed by atoms with Gasteiger partial charge in [-0.25, -0.2) is 0 Å². The van der Waals surface area contributed by atoms with Crippen LogP contribution in [0, 0.1) is 0 Å². The monoisotopic (exact) mass is 288 g/mol. The van der Waals surface area contributed by atoms with Gasteiger partial charge in [-0.1, -0.05) is 41.7 Å². The Hall–Kier alpha value is -2.28. The molecule has 6 nitrogen and oxygen atoms in total. The minimum absolute atomic E-state index is 0.302. The largest absolute Gasteiger partial charge is 0.465 e. The molecule has 0 spiro atoms. The summed E-state index contributed by atoms with van der Waals surface area (Å²) in [5.74, 6) is -0.827. The lowest BCUT2D eigenvalue weighted by Crippen LogP contribution is -2.17. The van der Waals surface area contributed by atoms with Gasteiger partial charge in [-0.05, 0) is 12.5 Å². The fourth-order valence-electron chi connectivity index (χ4n) is 1.94. The average Bonchev–Trinajstić information content (AvgIpc) is 3.02. The SMILES string of the molecule is CCOC(=O)C(c1ccccc1)c1nn2cnnc2s1. The van der Waals surface area contributed by atoms with Gasteiger partial charge in [-0.3, -0.25) is 4.79 Å². The van der Waals surface area contributed by atoms with Gasteiger partial charge in [0.25, 0.3) is 0 Å². The zero-order valence-corrected chi connectivity index (χ0v) is 11.6. The molecule has 3 aromatic rings. The Morgan fingerprint density at radius 2 is 2.20 bits per heavy atom. The molecule has 0 saturated carbocycles. The number of hydrogen-bond donors (Lipinski definition) is 0. The summed E-state index contributed by atoms with van der Waals surface area (Å²) >= 11 is 1.34. The van der Waals surface area contributed by atoms with E-state index in [1.807, 2.05) is 30.3 Å². The van der Waals surface area contributed by atoms with Crippen LogP contribution in [-0.4, -0.2) is 32.4 Å². The predicted molar refractivity (Wildman–Crippen MR) is 73.6 cm³/mol. The molecule has 1 atom stereocenters. The molecule has 0 amide bonds. The molecule has 0 bridgehead atoms. The topological polar surface area (TPSA) is 69.4 Å². The van der Waals surface area contributed by atoms with E-state index in [2.05, 4.69) is 15.3 Å². The van der Waals surface area contributed by atoms with Crippen molar-refractivity contribution < 1.29 is 9.53 Å². The molecule has 102 valence electrons. The molecule has 3 rings (SSSR count). The minimum atomic E-state index is -0.525. The maximum absolute atomic E-state index is 12.2. The van der Waals surface area contributed by atoms with Crippen LogP contribution in [-0.2, 0) is 9.53 Å². The fourth-order valence-corrected chi connectivity index (χ4v) is 2.88. The first-order valence-electron chi connectivity index (χ1n) is 6.18. The molecule has 7 heteroatoms. The van der Waals surface area contributed by atoms with Crippen LogP contribution in [0.3, 0.4) is 0 Å². The quantitative estimate of drug-likeness (QED) is 0.686. The molecule has 0 aliphatic rings. The Kier molecular flexibility index (Phi) is 3.42. The molecule has 0 aliphatic heterocycles. The lowest BCUT2D eigenvalue weighted by Gasteiger charge is -2.12.